The van der Waals surface area contributed by atoms with Crippen molar-refractivity contribution in [1.82, 2.24) is 20.4 Å². The number of hydrazine groups is 1. The summed E-state index contributed by atoms with van der Waals surface area (Å²) < 4.78 is 0. The van der Waals surface area contributed by atoms with Crippen molar-refractivity contribution < 1.29 is 4.79 Å². The molecule has 0 unspecified atom stereocenters. The number of rotatable bonds is 12. The third kappa shape index (κ3) is 7.47. The van der Waals surface area contributed by atoms with Gasteiger partial charge < -0.3 is 16.4 Å². The standard InChI is InChI=1S/C17H30N8O/c1-5-9-19-15-14(16(26)20-10-7-8-18)12-21-17(23-15)24-25(4)22-11-13(3)6-2/h11-12H,3,5-10,18H2,1-2,4H3,(H,20,26)(H2,19,21,23,24)/b22-11-. The molecule has 1 aromatic rings. The number of anilines is 2. The van der Waals surface area contributed by atoms with Gasteiger partial charge in [-0.05, 0) is 31.4 Å². The number of aromatic nitrogens is 2. The summed E-state index contributed by atoms with van der Waals surface area (Å²) in [7, 11) is 1.73. The highest BCUT2D eigenvalue weighted by Gasteiger charge is 2.14. The first-order chi connectivity index (χ1) is 12.5. The molecule has 144 valence electrons. The molecule has 0 saturated carbocycles. The van der Waals surface area contributed by atoms with Crippen LogP contribution in [0.1, 0.15) is 43.5 Å². The largest absolute Gasteiger partial charge is 0.369 e. The fourth-order valence-corrected chi connectivity index (χ4v) is 1.81. The van der Waals surface area contributed by atoms with Gasteiger partial charge in [-0.3, -0.25) is 4.79 Å². The lowest BCUT2D eigenvalue weighted by molar-refractivity contribution is 0.0953. The van der Waals surface area contributed by atoms with Gasteiger partial charge in [-0.1, -0.05) is 20.4 Å². The summed E-state index contributed by atoms with van der Waals surface area (Å²) in [5.74, 6) is 0.586. The van der Waals surface area contributed by atoms with Gasteiger partial charge in [-0.15, -0.1) is 0 Å². The molecule has 1 amide bonds. The maximum atomic E-state index is 12.3. The minimum Gasteiger partial charge on any atom is -0.369 e. The molecule has 0 saturated heterocycles. The SMILES string of the molecule is C=C(/C=N\N(C)Nc1ncc(C(=O)NCCCN)c(NCCC)n1)CC. The number of amides is 1. The van der Waals surface area contributed by atoms with E-state index in [9.17, 15) is 4.79 Å². The Labute approximate surface area is 155 Å². The van der Waals surface area contributed by atoms with E-state index in [1.54, 1.807) is 13.3 Å². The molecule has 0 bridgehead atoms. The first-order valence-electron chi connectivity index (χ1n) is 8.83. The van der Waals surface area contributed by atoms with Gasteiger partial charge in [-0.25, -0.2) is 15.5 Å². The molecule has 0 atom stereocenters. The van der Waals surface area contributed by atoms with Gasteiger partial charge in [0.25, 0.3) is 5.91 Å². The topological polar surface area (TPSA) is 121 Å². The van der Waals surface area contributed by atoms with Gasteiger partial charge in [-0.2, -0.15) is 10.1 Å². The second kappa shape index (κ2) is 11.8. The maximum absolute atomic E-state index is 12.3. The summed E-state index contributed by atoms with van der Waals surface area (Å²) >= 11 is 0. The average molecular weight is 362 g/mol. The highest BCUT2D eigenvalue weighted by molar-refractivity contribution is 5.98. The molecule has 0 radical (unpaired) electrons. The summed E-state index contributed by atoms with van der Waals surface area (Å²) in [5, 5.41) is 11.7. The Morgan fingerprint density at radius 3 is 2.85 bits per heavy atom. The Morgan fingerprint density at radius 1 is 1.42 bits per heavy atom. The van der Waals surface area contributed by atoms with Crippen molar-refractivity contribution in [2.75, 3.05) is 37.4 Å². The Bertz CT molecular complexity index is 617. The van der Waals surface area contributed by atoms with Crippen LogP contribution in [0.2, 0.25) is 0 Å². The first-order valence-corrected chi connectivity index (χ1v) is 8.83. The predicted molar refractivity (Wildman–Crippen MR) is 106 cm³/mol. The fourth-order valence-electron chi connectivity index (χ4n) is 1.81. The van der Waals surface area contributed by atoms with Crippen LogP contribution in [-0.2, 0) is 0 Å². The number of hydrazone groups is 1. The lowest BCUT2D eigenvalue weighted by Crippen LogP contribution is -2.28. The van der Waals surface area contributed by atoms with Crippen molar-refractivity contribution in [3.8, 4) is 0 Å². The van der Waals surface area contributed by atoms with Crippen molar-refractivity contribution in [3.63, 3.8) is 0 Å². The molecule has 1 heterocycles. The van der Waals surface area contributed by atoms with Crippen LogP contribution in [0.25, 0.3) is 0 Å². The second-order valence-corrected chi connectivity index (χ2v) is 5.67. The molecule has 9 nitrogen and oxygen atoms in total. The molecule has 1 rings (SSSR count). The van der Waals surface area contributed by atoms with Crippen LogP contribution < -0.4 is 21.8 Å². The number of carbonyl (C=O) groups is 1. The van der Waals surface area contributed by atoms with E-state index in [-0.39, 0.29) is 5.91 Å². The zero-order valence-corrected chi connectivity index (χ0v) is 15.9. The van der Waals surface area contributed by atoms with Crippen LogP contribution in [0.4, 0.5) is 11.8 Å². The normalized spacial score (nSPS) is 10.6. The third-order valence-electron chi connectivity index (χ3n) is 3.37. The molecule has 0 spiro atoms. The minimum atomic E-state index is -0.228. The van der Waals surface area contributed by atoms with Gasteiger partial charge in [0.15, 0.2) is 0 Å². The summed E-state index contributed by atoms with van der Waals surface area (Å²) in [6.07, 6.45) is 5.61. The Balaban J connectivity index is 2.87. The van der Waals surface area contributed by atoms with Crippen LogP contribution in [0.5, 0.6) is 0 Å². The average Bonchev–Trinajstić information content (AvgIpc) is 2.64. The van der Waals surface area contributed by atoms with Crippen LogP contribution in [0.3, 0.4) is 0 Å². The molecule has 26 heavy (non-hydrogen) atoms. The lowest BCUT2D eigenvalue weighted by Gasteiger charge is -2.16. The zero-order valence-electron chi connectivity index (χ0n) is 15.9. The van der Waals surface area contributed by atoms with Crippen molar-refractivity contribution in [1.29, 1.82) is 0 Å². The van der Waals surface area contributed by atoms with Gasteiger partial charge >= 0.3 is 0 Å². The highest BCUT2D eigenvalue weighted by Crippen LogP contribution is 2.14. The summed E-state index contributed by atoms with van der Waals surface area (Å²) in [5.41, 5.74) is 9.70. The first kappa shape index (κ1) is 21.4. The van der Waals surface area contributed by atoms with Gasteiger partial charge in [0.05, 0.1) is 6.21 Å². The molecular formula is C17H30N8O. The number of nitrogens with two attached hydrogens (primary N) is 1. The van der Waals surface area contributed by atoms with E-state index in [0.717, 1.165) is 24.8 Å². The summed E-state index contributed by atoms with van der Waals surface area (Å²) in [6, 6.07) is 0. The molecule has 5 N–H and O–H groups in total. The van der Waals surface area contributed by atoms with E-state index < -0.39 is 0 Å². The second-order valence-electron chi connectivity index (χ2n) is 5.67. The summed E-state index contributed by atoms with van der Waals surface area (Å²) in [4.78, 5) is 20.9. The van der Waals surface area contributed by atoms with E-state index in [1.165, 1.54) is 11.3 Å². The van der Waals surface area contributed by atoms with E-state index in [4.69, 9.17) is 5.73 Å². The number of hydrogen-bond donors (Lipinski definition) is 4. The van der Waals surface area contributed by atoms with Gasteiger partial charge in [0.1, 0.15) is 11.4 Å². The predicted octanol–water partition coefficient (Wildman–Crippen LogP) is 1.59. The molecule has 0 aliphatic rings. The van der Waals surface area contributed by atoms with Crippen molar-refractivity contribution in [3.05, 3.63) is 23.9 Å². The number of hydrogen-bond acceptors (Lipinski definition) is 8. The molecule has 0 aromatic carbocycles. The van der Waals surface area contributed by atoms with E-state index in [2.05, 4.69) is 37.7 Å². The Kier molecular flexibility index (Phi) is 9.70. The molecular weight excluding hydrogens is 332 g/mol. The van der Waals surface area contributed by atoms with Gasteiger partial charge in [0, 0.05) is 26.3 Å². The molecule has 0 fully saturated rings. The van der Waals surface area contributed by atoms with Crippen molar-refractivity contribution in [2.45, 2.75) is 33.1 Å². The van der Waals surface area contributed by atoms with Crippen LogP contribution >= 0.6 is 0 Å². The quantitative estimate of drug-likeness (QED) is 0.253. The number of nitrogens with zero attached hydrogens (tertiary/aromatic N) is 4. The molecule has 0 aliphatic carbocycles. The number of carbonyl (C=O) groups excluding carboxylic acids is 1. The van der Waals surface area contributed by atoms with Crippen LogP contribution in [0.15, 0.2) is 23.5 Å². The maximum Gasteiger partial charge on any atom is 0.256 e. The Morgan fingerprint density at radius 2 is 2.19 bits per heavy atom. The smallest absolute Gasteiger partial charge is 0.256 e. The zero-order chi connectivity index (χ0) is 19.4. The van der Waals surface area contributed by atoms with E-state index in [0.29, 0.717) is 37.0 Å². The van der Waals surface area contributed by atoms with Crippen molar-refractivity contribution >= 4 is 23.9 Å². The number of allylic oxidation sites excluding steroid dienone is 1. The summed E-state index contributed by atoms with van der Waals surface area (Å²) in [6.45, 7) is 9.65. The van der Waals surface area contributed by atoms with E-state index >= 15 is 0 Å². The molecule has 0 aliphatic heterocycles. The fraction of sp³-hybridized carbons (Fsp3) is 0.529. The molecule has 9 heteroatoms. The molecule has 1 aromatic heterocycles. The van der Waals surface area contributed by atoms with Crippen molar-refractivity contribution in [2.24, 2.45) is 10.8 Å². The van der Waals surface area contributed by atoms with Crippen LogP contribution in [0, 0.1) is 0 Å². The van der Waals surface area contributed by atoms with E-state index in [1.807, 2.05) is 13.8 Å². The monoisotopic (exact) mass is 362 g/mol. The van der Waals surface area contributed by atoms with Gasteiger partial charge in [0.2, 0.25) is 5.95 Å². The highest BCUT2D eigenvalue weighted by atomic mass is 16.1. The van der Waals surface area contributed by atoms with Crippen LogP contribution in [-0.4, -0.2) is 53.9 Å². The minimum absolute atomic E-state index is 0.228. The number of nitrogens with one attached hydrogen (secondary N) is 3. The lowest BCUT2D eigenvalue weighted by atomic mass is 10.2. The Hall–Kier alpha value is -2.68. The third-order valence-corrected chi connectivity index (χ3v) is 3.37.